The number of carbonyl (C=O) groups is 1. The molecule has 0 aromatic heterocycles. The third kappa shape index (κ3) is 2.45. The number of carbonyl (C=O) groups excluding carboxylic acids is 1. The molecular formula is C9H11NO3. The van der Waals surface area contributed by atoms with Crippen molar-refractivity contribution in [3.05, 3.63) is 29.8 Å². The van der Waals surface area contributed by atoms with Gasteiger partial charge in [0.15, 0.2) is 0 Å². The normalized spacial score (nSPS) is 9.38. The molecular weight excluding hydrogens is 170 g/mol. The molecule has 4 nitrogen and oxygen atoms in total. The largest absolute Gasteiger partial charge is 0.462 e. The number of esters is 1. The average Bonchev–Trinajstić information content (AvgIpc) is 2.18. The second-order valence-electron chi connectivity index (χ2n) is 2.41. The minimum Gasteiger partial charge on any atom is -0.462 e. The van der Waals surface area contributed by atoms with Crippen LogP contribution in [0.4, 0.5) is 5.69 Å². The van der Waals surface area contributed by atoms with Crippen molar-refractivity contribution >= 4 is 11.7 Å². The van der Waals surface area contributed by atoms with Gasteiger partial charge < -0.3 is 4.74 Å². The lowest BCUT2D eigenvalue weighted by molar-refractivity contribution is 0.0526. The molecule has 0 aliphatic carbocycles. The second-order valence-corrected chi connectivity index (χ2v) is 2.41. The van der Waals surface area contributed by atoms with E-state index >= 15 is 0 Å². The van der Waals surface area contributed by atoms with Crippen molar-refractivity contribution in [2.45, 2.75) is 6.92 Å². The van der Waals surface area contributed by atoms with E-state index in [1.165, 1.54) is 6.07 Å². The van der Waals surface area contributed by atoms with Crippen LogP contribution in [0, 0.1) is 0 Å². The van der Waals surface area contributed by atoms with Gasteiger partial charge in [-0.3, -0.25) is 10.7 Å². The molecule has 1 aromatic carbocycles. The van der Waals surface area contributed by atoms with Crippen LogP contribution in [0.15, 0.2) is 24.3 Å². The number of rotatable bonds is 3. The Bertz CT molecular complexity index is 299. The van der Waals surface area contributed by atoms with Crippen LogP contribution in [0.5, 0.6) is 0 Å². The van der Waals surface area contributed by atoms with E-state index in [9.17, 15) is 4.79 Å². The topological polar surface area (TPSA) is 58.6 Å². The number of hydrogen-bond donors (Lipinski definition) is 2. The van der Waals surface area contributed by atoms with E-state index in [1.54, 1.807) is 25.1 Å². The molecule has 0 heterocycles. The van der Waals surface area contributed by atoms with Crippen LogP contribution in [0.3, 0.4) is 0 Å². The first-order valence-electron chi connectivity index (χ1n) is 3.95. The molecule has 0 bridgehead atoms. The van der Waals surface area contributed by atoms with E-state index in [2.05, 4.69) is 0 Å². The summed E-state index contributed by atoms with van der Waals surface area (Å²) in [5.41, 5.74) is 2.84. The zero-order valence-corrected chi connectivity index (χ0v) is 7.28. The molecule has 0 saturated carbocycles. The predicted molar refractivity (Wildman–Crippen MR) is 47.8 cm³/mol. The molecule has 2 N–H and O–H groups in total. The zero-order valence-electron chi connectivity index (χ0n) is 7.28. The van der Waals surface area contributed by atoms with Gasteiger partial charge >= 0.3 is 5.97 Å². The van der Waals surface area contributed by atoms with Crippen molar-refractivity contribution in [3.63, 3.8) is 0 Å². The quantitative estimate of drug-likeness (QED) is 0.550. The third-order valence-corrected chi connectivity index (χ3v) is 1.50. The molecule has 0 amide bonds. The van der Waals surface area contributed by atoms with Gasteiger partial charge in [-0.05, 0) is 25.1 Å². The maximum Gasteiger partial charge on any atom is 0.338 e. The first kappa shape index (κ1) is 9.54. The molecule has 1 rings (SSSR count). The first-order chi connectivity index (χ1) is 6.27. The number of hydrogen-bond acceptors (Lipinski definition) is 4. The van der Waals surface area contributed by atoms with Gasteiger partial charge in [-0.2, -0.15) is 0 Å². The van der Waals surface area contributed by atoms with Gasteiger partial charge in [0, 0.05) is 0 Å². The third-order valence-electron chi connectivity index (χ3n) is 1.50. The van der Waals surface area contributed by atoms with Crippen molar-refractivity contribution in [1.82, 2.24) is 0 Å². The molecule has 0 atom stereocenters. The van der Waals surface area contributed by atoms with E-state index in [0.717, 1.165) is 0 Å². The fourth-order valence-corrected chi connectivity index (χ4v) is 0.930. The maximum atomic E-state index is 11.2. The smallest absolute Gasteiger partial charge is 0.338 e. The lowest BCUT2D eigenvalue weighted by atomic mass is 10.2. The number of anilines is 1. The Balaban J connectivity index is 2.82. The van der Waals surface area contributed by atoms with Crippen molar-refractivity contribution in [2.75, 3.05) is 12.1 Å². The highest BCUT2D eigenvalue weighted by Crippen LogP contribution is 2.10. The van der Waals surface area contributed by atoms with E-state index in [0.29, 0.717) is 17.9 Å². The van der Waals surface area contributed by atoms with Crippen molar-refractivity contribution in [2.24, 2.45) is 0 Å². The molecule has 13 heavy (non-hydrogen) atoms. The van der Waals surface area contributed by atoms with Gasteiger partial charge in [0.25, 0.3) is 0 Å². The summed E-state index contributed by atoms with van der Waals surface area (Å²) in [7, 11) is 0. The van der Waals surface area contributed by atoms with Gasteiger partial charge in [0.2, 0.25) is 0 Å². The van der Waals surface area contributed by atoms with Crippen molar-refractivity contribution in [1.29, 1.82) is 0 Å². The molecule has 0 saturated heterocycles. The Morgan fingerprint density at radius 2 is 2.38 bits per heavy atom. The molecule has 0 aliphatic rings. The summed E-state index contributed by atoms with van der Waals surface area (Å²) < 4.78 is 4.78. The zero-order chi connectivity index (χ0) is 9.68. The van der Waals surface area contributed by atoms with Crippen LogP contribution in [-0.4, -0.2) is 17.8 Å². The average molecular weight is 181 g/mol. The Kier molecular flexibility index (Phi) is 3.28. The van der Waals surface area contributed by atoms with Crippen LogP contribution in [0.1, 0.15) is 17.3 Å². The Morgan fingerprint density at radius 1 is 1.62 bits per heavy atom. The van der Waals surface area contributed by atoms with E-state index in [4.69, 9.17) is 9.94 Å². The van der Waals surface area contributed by atoms with Crippen molar-refractivity contribution in [3.8, 4) is 0 Å². The minimum absolute atomic E-state index is 0.343. The molecule has 1 aromatic rings. The highest BCUT2D eigenvalue weighted by Gasteiger charge is 2.05. The fourth-order valence-electron chi connectivity index (χ4n) is 0.930. The van der Waals surface area contributed by atoms with Gasteiger partial charge in [0.05, 0.1) is 17.9 Å². The van der Waals surface area contributed by atoms with Crippen LogP contribution in [0.2, 0.25) is 0 Å². The van der Waals surface area contributed by atoms with Crippen molar-refractivity contribution < 1.29 is 14.7 Å². The fraction of sp³-hybridized carbons (Fsp3) is 0.222. The Hall–Kier alpha value is -1.55. The number of nitrogens with one attached hydrogen (secondary N) is 1. The van der Waals surface area contributed by atoms with Crippen LogP contribution in [-0.2, 0) is 4.74 Å². The maximum absolute atomic E-state index is 11.2. The monoisotopic (exact) mass is 181 g/mol. The lowest BCUT2D eigenvalue weighted by Gasteiger charge is -2.03. The van der Waals surface area contributed by atoms with Crippen LogP contribution in [0.25, 0.3) is 0 Å². The molecule has 0 spiro atoms. The predicted octanol–water partition coefficient (Wildman–Crippen LogP) is 1.66. The summed E-state index contributed by atoms with van der Waals surface area (Å²) in [5.74, 6) is -0.389. The molecule has 0 unspecified atom stereocenters. The van der Waals surface area contributed by atoms with Gasteiger partial charge in [-0.25, -0.2) is 4.79 Å². The van der Waals surface area contributed by atoms with Gasteiger partial charge in [-0.15, -0.1) is 0 Å². The van der Waals surface area contributed by atoms with Crippen LogP contribution < -0.4 is 5.48 Å². The summed E-state index contributed by atoms with van der Waals surface area (Å²) >= 11 is 0. The standard InChI is InChI=1S/C9H11NO3/c1-2-13-9(11)7-4-3-5-8(6-7)10-12/h3-6,10,12H,2H2,1H3. The molecule has 0 fully saturated rings. The highest BCUT2D eigenvalue weighted by molar-refractivity contribution is 5.90. The summed E-state index contributed by atoms with van der Waals surface area (Å²) in [6.45, 7) is 2.08. The summed E-state index contributed by atoms with van der Waals surface area (Å²) in [6, 6.07) is 6.43. The SMILES string of the molecule is CCOC(=O)c1cccc(NO)c1. The van der Waals surface area contributed by atoms with Gasteiger partial charge in [0.1, 0.15) is 0 Å². The highest BCUT2D eigenvalue weighted by atomic mass is 16.5. The minimum atomic E-state index is -0.389. The van der Waals surface area contributed by atoms with E-state index in [-0.39, 0.29) is 5.97 Å². The molecule has 70 valence electrons. The number of ether oxygens (including phenoxy) is 1. The Labute approximate surface area is 76.1 Å². The number of benzene rings is 1. The summed E-state index contributed by atoms with van der Waals surface area (Å²) in [4.78, 5) is 11.2. The molecule has 0 radical (unpaired) electrons. The van der Waals surface area contributed by atoms with E-state index in [1.807, 2.05) is 5.48 Å². The molecule has 4 heteroatoms. The van der Waals surface area contributed by atoms with Crippen LogP contribution >= 0.6 is 0 Å². The summed E-state index contributed by atoms with van der Waals surface area (Å²) in [5, 5.41) is 8.57. The lowest BCUT2D eigenvalue weighted by Crippen LogP contribution is -2.04. The Morgan fingerprint density at radius 3 is 3.00 bits per heavy atom. The van der Waals surface area contributed by atoms with E-state index < -0.39 is 0 Å². The second kappa shape index (κ2) is 4.47. The van der Waals surface area contributed by atoms with Gasteiger partial charge in [-0.1, -0.05) is 6.07 Å². The molecule has 0 aliphatic heterocycles. The first-order valence-corrected chi connectivity index (χ1v) is 3.95. The summed E-state index contributed by atoms with van der Waals surface area (Å²) in [6.07, 6.45) is 0.